The Balaban J connectivity index is 1.52. The number of pyridine rings is 1. The Hall–Kier alpha value is -3.97. The van der Waals surface area contributed by atoms with Gasteiger partial charge in [0.1, 0.15) is 22.1 Å². The van der Waals surface area contributed by atoms with Gasteiger partial charge < -0.3 is 15.5 Å². The average molecular weight is 588 g/mol. The zero-order valence-corrected chi connectivity index (χ0v) is 22.7. The molecule has 0 bridgehead atoms. The molecule has 41 heavy (non-hydrogen) atoms. The minimum Gasteiger partial charge on any atom is -0.481 e. The molecule has 3 heterocycles. The van der Waals surface area contributed by atoms with Gasteiger partial charge in [0.2, 0.25) is 5.95 Å². The second kappa shape index (κ2) is 10.5. The lowest BCUT2D eigenvalue weighted by molar-refractivity contribution is -0.154. The van der Waals surface area contributed by atoms with E-state index in [1.807, 2.05) is 13.8 Å². The summed E-state index contributed by atoms with van der Waals surface area (Å²) in [6.45, 7) is 3.63. The number of benzene rings is 1. The molecule has 5 rings (SSSR count). The van der Waals surface area contributed by atoms with Crippen molar-refractivity contribution >= 4 is 28.9 Å². The van der Waals surface area contributed by atoms with E-state index in [0.29, 0.717) is 38.7 Å². The maximum Gasteiger partial charge on any atom is 0.433 e. The number of aromatic nitrogens is 4. The van der Waals surface area contributed by atoms with Gasteiger partial charge in [-0.2, -0.15) is 13.2 Å². The van der Waals surface area contributed by atoms with E-state index in [0.717, 1.165) is 18.5 Å². The van der Waals surface area contributed by atoms with Gasteiger partial charge in [-0.25, -0.2) is 19.3 Å². The Morgan fingerprint density at radius 3 is 2.51 bits per heavy atom. The molecule has 8 nitrogen and oxygen atoms in total. The highest BCUT2D eigenvalue weighted by atomic mass is 32.1. The SMILES string of the molecule is CC1(C)C[C@@](O)(c2ncc(-c3cc(Nc4nccc(C(F)(F)F)n4)cc(-c4cncc(F)c4)c3)s2)CC[C@H]1C(=O)O. The predicted octanol–water partition coefficient (Wildman–Crippen LogP) is 6.66. The van der Waals surface area contributed by atoms with Crippen molar-refractivity contribution in [3.05, 3.63) is 71.6 Å². The maximum atomic E-state index is 14.0. The number of halogens is 4. The zero-order chi connectivity index (χ0) is 29.6. The fourth-order valence-corrected chi connectivity index (χ4v) is 6.31. The van der Waals surface area contributed by atoms with Crippen LogP contribution in [-0.2, 0) is 16.6 Å². The van der Waals surface area contributed by atoms with E-state index in [9.17, 15) is 32.6 Å². The zero-order valence-electron chi connectivity index (χ0n) is 21.9. The Morgan fingerprint density at radius 1 is 1.07 bits per heavy atom. The highest BCUT2D eigenvalue weighted by molar-refractivity contribution is 7.15. The monoisotopic (exact) mass is 587 g/mol. The molecule has 4 aromatic rings. The molecule has 3 aromatic heterocycles. The first-order chi connectivity index (χ1) is 19.2. The van der Waals surface area contributed by atoms with Gasteiger partial charge >= 0.3 is 12.1 Å². The number of carbonyl (C=O) groups is 1. The van der Waals surface area contributed by atoms with Crippen LogP contribution in [0.25, 0.3) is 21.6 Å². The molecule has 1 saturated carbocycles. The van der Waals surface area contributed by atoms with Crippen LogP contribution >= 0.6 is 11.3 Å². The second-order valence-corrected chi connectivity index (χ2v) is 11.8. The first kappa shape index (κ1) is 28.6. The van der Waals surface area contributed by atoms with Gasteiger partial charge in [0, 0.05) is 29.8 Å². The van der Waals surface area contributed by atoms with Gasteiger partial charge in [-0.15, -0.1) is 11.3 Å². The van der Waals surface area contributed by atoms with Gasteiger partial charge in [-0.05, 0) is 66.1 Å². The summed E-state index contributed by atoms with van der Waals surface area (Å²) in [5.74, 6) is -2.33. The fraction of sp³-hybridized carbons (Fsp3) is 0.321. The third kappa shape index (κ3) is 6.05. The molecule has 2 atom stereocenters. The van der Waals surface area contributed by atoms with E-state index >= 15 is 0 Å². The number of aliphatic hydroxyl groups is 1. The van der Waals surface area contributed by atoms with Crippen molar-refractivity contribution in [2.75, 3.05) is 5.32 Å². The van der Waals surface area contributed by atoms with Crippen molar-refractivity contribution < 1.29 is 32.6 Å². The van der Waals surface area contributed by atoms with Crippen LogP contribution in [-0.4, -0.2) is 36.1 Å². The highest BCUT2D eigenvalue weighted by Crippen LogP contribution is 2.51. The number of carboxylic acids is 1. The summed E-state index contributed by atoms with van der Waals surface area (Å²) >= 11 is 1.22. The Morgan fingerprint density at radius 2 is 1.83 bits per heavy atom. The van der Waals surface area contributed by atoms with Crippen LogP contribution < -0.4 is 5.32 Å². The summed E-state index contributed by atoms with van der Waals surface area (Å²) < 4.78 is 53.6. The lowest BCUT2D eigenvalue weighted by Gasteiger charge is -2.44. The maximum absolute atomic E-state index is 14.0. The van der Waals surface area contributed by atoms with Crippen molar-refractivity contribution in [3.8, 4) is 21.6 Å². The smallest absolute Gasteiger partial charge is 0.433 e. The molecular weight excluding hydrogens is 562 g/mol. The number of thiazole rings is 1. The molecule has 1 aliphatic rings. The largest absolute Gasteiger partial charge is 0.481 e. The molecule has 3 N–H and O–H groups in total. The first-order valence-corrected chi connectivity index (χ1v) is 13.4. The standard InChI is InChI=1S/C28H25F4N5O3S/c1-26(2)14-27(40,5-3-20(26)23(38)39)24-35-13-21(41-24)16-7-15(17-8-18(29)12-33-11-17)9-19(10-16)36-25-34-6-4-22(37-25)28(30,31)32/h4,6-13,20,40H,3,5,14H2,1-2H3,(H,38,39)(H,34,36,37)/t20-,27+/m0/s1. The Labute approximate surface area is 236 Å². The number of aliphatic carboxylic acids is 1. The molecule has 1 fully saturated rings. The Bertz CT molecular complexity index is 1610. The number of anilines is 2. The van der Waals surface area contributed by atoms with Gasteiger partial charge in [0.05, 0.1) is 17.0 Å². The van der Waals surface area contributed by atoms with Crippen molar-refractivity contribution in [3.63, 3.8) is 0 Å². The van der Waals surface area contributed by atoms with Gasteiger partial charge in [-0.3, -0.25) is 9.78 Å². The average Bonchev–Trinajstić information content (AvgIpc) is 3.39. The van der Waals surface area contributed by atoms with Gasteiger partial charge in [-0.1, -0.05) is 13.8 Å². The quantitative estimate of drug-likeness (QED) is 0.214. The molecule has 13 heteroatoms. The van der Waals surface area contributed by atoms with Crippen LogP contribution in [0.5, 0.6) is 0 Å². The van der Waals surface area contributed by atoms with Crippen molar-refractivity contribution in [1.29, 1.82) is 0 Å². The van der Waals surface area contributed by atoms with Crippen LogP contribution in [0.4, 0.5) is 29.2 Å². The normalized spacial score (nSPS) is 20.5. The molecule has 0 unspecified atom stereocenters. The van der Waals surface area contributed by atoms with Crippen molar-refractivity contribution in [1.82, 2.24) is 19.9 Å². The number of alkyl halides is 3. The molecule has 0 radical (unpaired) electrons. The summed E-state index contributed by atoms with van der Waals surface area (Å²) in [4.78, 5) is 28.2. The third-order valence-corrected chi connectivity index (χ3v) is 8.44. The van der Waals surface area contributed by atoms with E-state index in [1.165, 1.54) is 23.6 Å². The van der Waals surface area contributed by atoms with Crippen molar-refractivity contribution in [2.45, 2.75) is 44.9 Å². The lowest BCUT2D eigenvalue weighted by atomic mass is 9.63. The molecule has 0 amide bonds. The summed E-state index contributed by atoms with van der Waals surface area (Å²) in [5, 5.41) is 24.4. The molecular formula is C28H25F4N5O3S. The molecule has 0 spiro atoms. The second-order valence-electron chi connectivity index (χ2n) is 10.7. The first-order valence-electron chi connectivity index (χ1n) is 12.6. The van der Waals surface area contributed by atoms with Gasteiger partial charge in [0.15, 0.2) is 0 Å². The van der Waals surface area contributed by atoms with E-state index in [-0.39, 0.29) is 18.8 Å². The van der Waals surface area contributed by atoms with E-state index in [2.05, 4.69) is 25.3 Å². The van der Waals surface area contributed by atoms with E-state index < -0.39 is 40.6 Å². The minimum absolute atomic E-state index is 0.207. The molecule has 0 saturated heterocycles. The molecule has 0 aliphatic heterocycles. The lowest BCUT2D eigenvalue weighted by Crippen LogP contribution is -2.44. The van der Waals surface area contributed by atoms with Crippen molar-refractivity contribution in [2.24, 2.45) is 11.3 Å². The minimum atomic E-state index is -4.66. The van der Waals surface area contributed by atoms with Crippen LogP contribution in [0.2, 0.25) is 0 Å². The summed E-state index contributed by atoms with van der Waals surface area (Å²) in [6, 6.07) is 7.06. The predicted molar refractivity (Wildman–Crippen MR) is 144 cm³/mol. The van der Waals surface area contributed by atoms with Crippen LogP contribution in [0, 0.1) is 17.2 Å². The van der Waals surface area contributed by atoms with Gasteiger partial charge in [0.25, 0.3) is 0 Å². The Kier molecular flexibility index (Phi) is 7.28. The number of rotatable bonds is 6. The number of carboxylic acid groups (broad SMARTS) is 1. The topological polar surface area (TPSA) is 121 Å². The summed E-state index contributed by atoms with van der Waals surface area (Å²) in [6.07, 6.45) is 1.15. The van der Waals surface area contributed by atoms with Crippen LogP contribution in [0.1, 0.15) is 43.8 Å². The van der Waals surface area contributed by atoms with E-state index in [4.69, 9.17) is 0 Å². The highest BCUT2D eigenvalue weighted by Gasteiger charge is 2.49. The molecule has 1 aliphatic carbocycles. The number of hydrogen-bond acceptors (Lipinski definition) is 8. The molecule has 214 valence electrons. The third-order valence-electron chi connectivity index (χ3n) is 7.20. The molecule has 1 aromatic carbocycles. The van der Waals surface area contributed by atoms with E-state index in [1.54, 1.807) is 24.4 Å². The summed E-state index contributed by atoms with van der Waals surface area (Å²) in [7, 11) is 0. The number of nitrogens with one attached hydrogen (secondary N) is 1. The fourth-order valence-electron chi connectivity index (χ4n) is 5.29. The number of nitrogens with zero attached hydrogens (tertiary/aromatic N) is 4. The summed E-state index contributed by atoms with van der Waals surface area (Å²) in [5.41, 5.74) is -1.24. The number of hydrogen-bond donors (Lipinski definition) is 3. The van der Waals surface area contributed by atoms with Crippen LogP contribution in [0.15, 0.2) is 55.1 Å². The van der Waals surface area contributed by atoms with Crippen LogP contribution in [0.3, 0.4) is 0 Å².